The van der Waals surface area contributed by atoms with Crippen molar-refractivity contribution < 1.29 is 354 Å². The van der Waals surface area contributed by atoms with E-state index in [9.17, 15) is 25.5 Å². The summed E-state index contributed by atoms with van der Waals surface area (Å²) in [6.07, 6.45) is -12.2. The van der Waals surface area contributed by atoms with Crippen molar-refractivity contribution >= 4 is 45.2 Å². The third-order valence-electron chi connectivity index (χ3n) is 3.47. The van der Waals surface area contributed by atoms with Crippen LogP contribution in [-0.2, 0) is 14.2 Å². The maximum atomic E-state index is 11.9. The topological polar surface area (TPSA) is 173 Å². The summed E-state index contributed by atoms with van der Waals surface area (Å²) in [5, 5.41) is 58.8. The Balaban J connectivity index is -0.000000189. The molecule has 2 heterocycles. The van der Waals surface area contributed by atoms with Gasteiger partial charge in [-0.3, -0.25) is 6.10 Å². The minimum Gasteiger partial charge on any atom is -0.876 e. The number of halogens is 2. The SMILES string of the molecule is [K+].[K+].[K+].[K+].[K+].[K+].[O-][C@@H]1[C@@H]([O-])[C@@H](O[C@H]2O[C@H](CI)[CH-][C@H]([O-])[C@H]2[O-])O[C@H](CI)[C@H]1[O-].[OH-]. The number of ether oxygens (including phenoxy) is 3. The van der Waals surface area contributed by atoms with Crippen LogP contribution in [-0.4, -0.2) is 69.6 Å². The van der Waals surface area contributed by atoms with Crippen molar-refractivity contribution in [1.82, 2.24) is 0 Å². The van der Waals surface area contributed by atoms with E-state index in [1.807, 2.05) is 45.2 Å². The molecule has 0 aliphatic carbocycles. The summed E-state index contributed by atoms with van der Waals surface area (Å²) in [7, 11) is 0. The van der Waals surface area contributed by atoms with E-state index in [4.69, 9.17) is 14.2 Å². The summed E-state index contributed by atoms with van der Waals surface area (Å²) in [5.74, 6) is 0. The van der Waals surface area contributed by atoms with Gasteiger partial charge in [-0.2, -0.15) is 0 Å². The minimum atomic E-state index is -1.97. The van der Waals surface area contributed by atoms with Gasteiger partial charge in [-0.25, -0.2) is 0 Å². The van der Waals surface area contributed by atoms with Crippen LogP contribution in [0.15, 0.2) is 0 Å². The molecule has 0 radical (unpaired) electrons. The van der Waals surface area contributed by atoms with Crippen molar-refractivity contribution in [2.75, 3.05) is 8.86 Å². The van der Waals surface area contributed by atoms with Gasteiger partial charge in [0.05, 0.1) is 6.10 Å². The third kappa shape index (κ3) is 17.6. The zero-order valence-corrected chi connectivity index (χ0v) is 40.7. The van der Waals surface area contributed by atoms with Gasteiger partial charge in [0.15, 0.2) is 0 Å². The molecule has 2 aliphatic heterocycles. The predicted molar refractivity (Wildman–Crippen MR) is 81.4 cm³/mol. The Morgan fingerprint density at radius 1 is 0.690 bits per heavy atom. The Kier molecular flexibility index (Phi) is 52.6. The molecule has 0 unspecified atom stereocenters. The van der Waals surface area contributed by atoms with Crippen LogP contribution in [0.4, 0.5) is 0 Å². The monoisotopic (exact) mass is 791 g/mol. The molecule has 2 aliphatic rings. The van der Waals surface area contributed by atoms with Gasteiger partial charge < -0.3 is 51.6 Å². The maximum absolute atomic E-state index is 11.9. The summed E-state index contributed by atoms with van der Waals surface area (Å²) >= 11 is 3.85. The average Bonchev–Trinajstić information content (AvgIpc) is 2.51. The van der Waals surface area contributed by atoms with Crippen molar-refractivity contribution in [3.8, 4) is 0 Å². The molecule has 0 saturated carbocycles. The number of hydrogen-bond acceptors (Lipinski definition) is 9. The first-order chi connectivity index (χ1) is 10.4. The molecular weight excluding hydrogens is 777 g/mol. The molecule has 138 valence electrons. The normalized spacial score (nSPS) is 38.0. The van der Waals surface area contributed by atoms with Crippen LogP contribution >= 0.6 is 45.2 Å². The quantitative estimate of drug-likeness (QED) is 0.116. The first-order valence-electron chi connectivity index (χ1n) is 6.61. The van der Waals surface area contributed by atoms with Crippen LogP contribution < -0.4 is 334 Å². The standard InChI is InChI=1S/C12H14I2O8.6K.H2O/c13-2-4-1-5(15)7(16)11(20-4)22-12-10(19)9(18)8(17)6(3-14)21-12;;;;;;;/h1,4-12H,2-3H2;;;;;;;1H2/q-6;6*+1;/p-1/t4-,5-,6+,7+,8+,9-,10+,11+,12+;;;;;;;/m0......./s1. The Morgan fingerprint density at radius 3 is 1.62 bits per heavy atom. The van der Waals surface area contributed by atoms with Crippen LogP contribution in [0.2, 0.25) is 0 Å². The van der Waals surface area contributed by atoms with Crippen molar-refractivity contribution in [2.24, 2.45) is 0 Å². The number of rotatable bonds is 4. The van der Waals surface area contributed by atoms with Crippen LogP contribution in [0, 0.1) is 6.42 Å². The van der Waals surface area contributed by atoms with Gasteiger partial charge in [-0.15, -0.1) is 18.3 Å². The first-order valence-corrected chi connectivity index (χ1v) is 9.66. The average molecular weight is 792 g/mol. The van der Waals surface area contributed by atoms with Crippen molar-refractivity contribution in [1.29, 1.82) is 0 Å². The Morgan fingerprint density at radius 2 is 1.17 bits per heavy atom. The molecule has 0 bridgehead atoms. The summed E-state index contributed by atoms with van der Waals surface area (Å²) in [4.78, 5) is 0. The molecule has 0 aromatic heterocycles. The predicted octanol–water partition coefficient (Wildman–Crippen LogP) is -23.0. The molecule has 9 atom stereocenters. The fourth-order valence-corrected chi connectivity index (χ4v) is 3.42. The Labute approximate surface area is 454 Å². The molecule has 2 rings (SSSR count). The van der Waals surface area contributed by atoms with Gasteiger partial charge in [0, 0.05) is 4.43 Å². The van der Waals surface area contributed by atoms with Crippen molar-refractivity contribution in [3.05, 3.63) is 6.42 Å². The fraction of sp³-hybridized carbons (Fsp3) is 0.917. The Bertz CT molecular complexity index is 383. The van der Waals surface area contributed by atoms with Gasteiger partial charge >= 0.3 is 308 Å². The molecule has 17 heteroatoms. The molecule has 29 heavy (non-hydrogen) atoms. The zero-order valence-electron chi connectivity index (χ0n) is 17.7. The molecule has 1 N–H and O–H groups in total. The molecule has 0 aromatic rings. The maximum Gasteiger partial charge on any atom is 1.00 e. The van der Waals surface area contributed by atoms with Crippen LogP contribution in [0.5, 0.6) is 0 Å². The minimum absolute atomic E-state index is 0. The number of alkyl halides is 2. The summed E-state index contributed by atoms with van der Waals surface area (Å²) in [5.41, 5.74) is 0. The van der Waals surface area contributed by atoms with E-state index in [1.54, 1.807) is 0 Å². The molecule has 2 fully saturated rings. The summed E-state index contributed by atoms with van der Waals surface area (Å²) < 4.78 is 16.3. The second-order valence-electron chi connectivity index (χ2n) is 5.05. The molecule has 0 aromatic carbocycles. The molecule has 2 saturated heterocycles. The van der Waals surface area contributed by atoms with Gasteiger partial charge in [0.2, 0.25) is 0 Å². The van der Waals surface area contributed by atoms with Crippen LogP contribution in [0.1, 0.15) is 0 Å². The zero-order chi connectivity index (χ0) is 16.4. The second-order valence-corrected chi connectivity index (χ2v) is 6.81. The van der Waals surface area contributed by atoms with Crippen molar-refractivity contribution in [2.45, 2.75) is 55.3 Å². The van der Waals surface area contributed by atoms with E-state index < -0.39 is 55.3 Å². The largest absolute Gasteiger partial charge is 1.00 e. The van der Waals surface area contributed by atoms with Crippen LogP contribution in [0.25, 0.3) is 0 Å². The van der Waals surface area contributed by atoms with E-state index in [0.717, 1.165) is 0 Å². The summed E-state index contributed by atoms with van der Waals surface area (Å²) in [6, 6.07) is 0. The fourth-order valence-electron chi connectivity index (χ4n) is 2.21. The summed E-state index contributed by atoms with van der Waals surface area (Å²) in [6.45, 7) is 0. The van der Waals surface area contributed by atoms with E-state index in [2.05, 4.69) is 0 Å². The van der Waals surface area contributed by atoms with Gasteiger partial charge in [0.1, 0.15) is 12.6 Å². The van der Waals surface area contributed by atoms with E-state index >= 15 is 0 Å². The van der Waals surface area contributed by atoms with Gasteiger partial charge in [-0.05, 0) is 4.43 Å². The molecule has 9 nitrogen and oxygen atoms in total. The first kappa shape index (κ1) is 52.6. The Hall–Kier alpha value is 10.9. The van der Waals surface area contributed by atoms with E-state index in [1.165, 1.54) is 6.42 Å². The van der Waals surface area contributed by atoms with E-state index in [0.29, 0.717) is 4.43 Å². The second kappa shape index (κ2) is 29.0. The van der Waals surface area contributed by atoms with Crippen LogP contribution in [0.3, 0.4) is 0 Å². The molecule has 0 amide bonds. The van der Waals surface area contributed by atoms with Crippen molar-refractivity contribution in [3.63, 3.8) is 0 Å². The smallest absolute Gasteiger partial charge is 0.876 e. The van der Waals surface area contributed by atoms with Gasteiger partial charge in [0.25, 0.3) is 0 Å². The molecule has 0 spiro atoms. The van der Waals surface area contributed by atoms with E-state index in [-0.39, 0.29) is 318 Å². The number of hydrogen-bond donors (Lipinski definition) is 0. The molecular formula is C12H15I2K6O9-. The van der Waals surface area contributed by atoms with Gasteiger partial charge in [-0.1, -0.05) is 57.4 Å². The third-order valence-corrected chi connectivity index (χ3v) is 5.21.